The zero-order valence-corrected chi connectivity index (χ0v) is 42.5. The Kier molecular flexibility index (Phi) is 50.0. The van der Waals surface area contributed by atoms with E-state index in [4.69, 9.17) is 4.74 Å². The molecule has 0 aromatic rings. The average molecular weight is 889 g/mol. The number of carbonyl (C=O) groups excluding carboxylic acids is 2. The van der Waals surface area contributed by atoms with Gasteiger partial charge in [0, 0.05) is 6.42 Å². The van der Waals surface area contributed by atoms with Crippen LogP contribution in [0.4, 0.5) is 0 Å². The molecule has 0 aliphatic rings. The number of aliphatic hydroxyl groups excluding tert-OH is 2. The van der Waals surface area contributed by atoms with Crippen molar-refractivity contribution in [2.24, 2.45) is 0 Å². The van der Waals surface area contributed by atoms with E-state index in [1.165, 1.54) is 199 Å². The lowest BCUT2D eigenvalue weighted by atomic mass is 10.0. The van der Waals surface area contributed by atoms with E-state index in [1.807, 2.05) is 0 Å². The molecule has 0 heterocycles. The lowest BCUT2D eigenvalue weighted by Gasteiger charge is -2.24. The first-order valence-corrected chi connectivity index (χ1v) is 28.1. The molecule has 6 nitrogen and oxygen atoms in total. The van der Waals surface area contributed by atoms with Gasteiger partial charge in [0.2, 0.25) is 5.91 Å². The molecule has 0 spiro atoms. The quantitative estimate of drug-likeness (QED) is 0.0321. The molecule has 3 unspecified atom stereocenters. The summed E-state index contributed by atoms with van der Waals surface area (Å²) in [5, 5.41) is 23.8. The number of unbranched alkanes of at least 4 members (excludes halogenated alkanes) is 36. The van der Waals surface area contributed by atoms with E-state index in [2.05, 4.69) is 50.4 Å². The lowest BCUT2D eigenvalue weighted by Crippen LogP contribution is -2.46. The van der Waals surface area contributed by atoms with Crippen LogP contribution in [-0.2, 0) is 14.3 Å². The molecule has 0 rings (SSSR count). The molecule has 0 saturated heterocycles. The number of rotatable bonds is 51. The summed E-state index contributed by atoms with van der Waals surface area (Å²) in [5.74, 6) is -0.487. The molecule has 0 aliphatic heterocycles. The summed E-state index contributed by atoms with van der Waals surface area (Å²) in [5.41, 5.74) is 0. The highest BCUT2D eigenvalue weighted by molar-refractivity contribution is 5.77. The SMILES string of the molecule is CCCCCCCCC/C=C/C=C/CCCCCC(=O)OC(CCCCCCCCCCCCCCCCCC)CC(=O)NC(CO)C(O)CCCCCCCCCCCCCC. The molecule has 0 aromatic heterocycles. The molecule has 6 heteroatoms. The molecule has 0 aliphatic carbocycles. The minimum atomic E-state index is -0.788. The fourth-order valence-electron chi connectivity index (χ4n) is 8.78. The first kappa shape index (κ1) is 61.3. The van der Waals surface area contributed by atoms with Gasteiger partial charge < -0.3 is 20.3 Å². The van der Waals surface area contributed by atoms with Gasteiger partial charge >= 0.3 is 5.97 Å². The zero-order chi connectivity index (χ0) is 45.9. The third-order valence-electron chi connectivity index (χ3n) is 13.1. The molecule has 3 atom stereocenters. The van der Waals surface area contributed by atoms with E-state index in [0.717, 1.165) is 57.8 Å². The van der Waals surface area contributed by atoms with Gasteiger partial charge in [0.05, 0.1) is 25.2 Å². The van der Waals surface area contributed by atoms with Crippen LogP contribution in [0.1, 0.15) is 303 Å². The number of allylic oxidation sites excluding steroid dienone is 4. The van der Waals surface area contributed by atoms with Crippen molar-refractivity contribution in [2.45, 2.75) is 322 Å². The summed E-state index contributed by atoms with van der Waals surface area (Å²) in [7, 11) is 0. The number of hydrogen-bond acceptors (Lipinski definition) is 5. The highest BCUT2D eigenvalue weighted by Crippen LogP contribution is 2.19. The monoisotopic (exact) mass is 888 g/mol. The van der Waals surface area contributed by atoms with E-state index in [-0.39, 0.29) is 24.9 Å². The largest absolute Gasteiger partial charge is 0.462 e. The average Bonchev–Trinajstić information content (AvgIpc) is 3.28. The summed E-state index contributed by atoms with van der Waals surface area (Å²) in [4.78, 5) is 26.2. The van der Waals surface area contributed by atoms with Crippen LogP contribution < -0.4 is 5.32 Å². The molecule has 0 fully saturated rings. The number of carbonyl (C=O) groups is 2. The van der Waals surface area contributed by atoms with Crippen LogP contribution >= 0.6 is 0 Å². The number of amides is 1. The van der Waals surface area contributed by atoms with Gasteiger partial charge in [-0.2, -0.15) is 0 Å². The number of esters is 1. The van der Waals surface area contributed by atoms with Crippen LogP contribution in [0.2, 0.25) is 0 Å². The minimum Gasteiger partial charge on any atom is -0.462 e. The van der Waals surface area contributed by atoms with Crippen molar-refractivity contribution in [3.63, 3.8) is 0 Å². The van der Waals surface area contributed by atoms with E-state index in [1.54, 1.807) is 0 Å². The molecule has 3 N–H and O–H groups in total. The van der Waals surface area contributed by atoms with E-state index in [0.29, 0.717) is 19.3 Å². The summed E-state index contributed by atoms with van der Waals surface area (Å²) < 4.78 is 5.95. The van der Waals surface area contributed by atoms with Gasteiger partial charge in [-0.05, 0) is 51.4 Å². The van der Waals surface area contributed by atoms with Gasteiger partial charge in [-0.15, -0.1) is 0 Å². The Bertz CT molecular complexity index is 997. The van der Waals surface area contributed by atoms with Crippen molar-refractivity contribution < 1.29 is 24.5 Å². The molecule has 0 aromatic carbocycles. The Morgan fingerprint density at radius 3 is 1.17 bits per heavy atom. The van der Waals surface area contributed by atoms with Crippen LogP contribution in [0.25, 0.3) is 0 Å². The van der Waals surface area contributed by atoms with Gasteiger partial charge in [0.25, 0.3) is 0 Å². The summed E-state index contributed by atoms with van der Waals surface area (Å²) in [6, 6.07) is -0.702. The Morgan fingerprint density at radius 1 is 0.460 bits per heavy atom. The smallest absolute Gasteiger partial charge is 0.306 e. The number of ether oxygens (including phenoxy) is 1. The molecule has 0 saturated carbocycles. The third kappa shape index (κ3) is 46.7. The van der Waals surface area contributed by atoms with Gasteiger partial charge in [-0.3, -0.25) is 9.59 Å². The fourth-order valence-corrected chi connectivity index (χ4v) is 8.78. The predicted octanol–water partition coefficient (Wildman–Crippen LogP) is 17.1. The maximum atomic E-state index is 13.2. The molecule has 0 radical (unpaired) electrons. The maximum absolute atomic E-state index is 13.2. The van der Waals surface area contributed by atoms with Crippen LogP contribution in [0.15, 0.2) is 24.3 Å². The fraction of sp³-hybridized carbons (Fsp3) is 0.895. The van der Waals surface area contributed by atoms with Crippen molar-refractivity contribution >= 4 is 11.9 Å². The molecule has 1 amide bonds. The van der Waals surface area contributed by atoms with Crippen molar-refractivity contribution in [2.75, 3.05) is 6.61 Å². The molecule has 372 valence electrons. The van der Waals surface area contributed by atoms with E-state index >= 15 is 0 Å². The maximum Gasteiger partial charge on any atom is 0.306 e. The van der Waals surface area contributed by atoms with Crippen molar-refractivity contribution in [3.8, 4) is 0 Å². The second kappa shape index (κ2) is 51.3. The predicted molar refractivity (Wildman–Crippen MR) is 273 cm³/mol. The molecule has 63 heavy (non-hydrogen) atoms. The standard InChI is InChI=1S/C57H109NO5/c1-4-7-10-13-16-19-22-25-27-29-31-33-36-39-42-45-48-53(63-57(62)50-47-44-41-38-35-32-30-28-26-23-20-17-14-11-8-5-2)51-56(61)58-54(52-59)55(60)49-46-43-40-37-34-24-21-18-15-12-9-6-3/h28,30,32,35,53-55,59-60H,4-27,29,31,33-34,36-52H2,1-3H3,(H,58,61)/b30-28+,35-32+. The highest BCUT2D eigenvalue weighted by atomic mass is 16.5. The second-order valence-electron chi connectivity index (χ2n) is 19.4. The number of hydrogen-bond donors (Lipinski definition) is 3. The van der Waals surface area contributed by atoms with E-state index < -0.39 is 18.2 Å². The normalized spacial score (nSPS) is 13.3. The van der Waals surface area contributed by atoms with Gasteiger partial charge in [-0.25, -0.2) is 0 Å². The van der Waals surface area contributed by atoms with Gasteiger partial charge in [-0.1, -0.05) is 263 Å². The Hall–Kier alpha value is -1.66. The van der Waals surface area contributed by atoms with Crippen LogP contribution in [-0.4, -0.2) is 46.9 Å². The minimum absolute atomic E-state index is 0.0730. The molecular weight excluding hydrogens is 779 g/mol. The van der Waals surface area contributed by atoms with Crippen molar-refractivity contribution in [1.82, 2.24) is 5.32 Å². The number of nitrogens with one attached hydrogen (secondary N) is 1. The van der Waals surface area contributed by atoms with Gasteiger partial charge in [0.15, 0.2) is 0 Å². The summed E-state index contributed by atoms with van der Waals surface area (Å²) in [6.45, 7) is 6.50. The highest BCUT2D eigenvalue weighted by Gasteiger charge is 2.24. The number of aliphatic hydroxyl groups is 2. The summed E-state index contributed by atoms with van der Waals surface area (Å²) >= 11 is 0. The molecular formula is C57H109NO5. The summed E-state index contributed by atoms with van der Waals surface area (Å²) in [6.07, 6.45) is 59.5. The van der Waals surface area contributed by atoms with E-state index in [9.17, 15) is 19.8 Å². The van der Waals surface area contributed by atoms with Gasteiger partial charge in [0.1, 0.15) is 6.10 Å². The first-order valence-electron chi connectivity index (χ1n) is 28.1. The first-order chi connectivity index (χ1) is 31.0. The Morgan fingerprint density at radius 2 is 0.794 bits per heavy atom. The zero-order valence-electron chi connectivity index (χ0n) is 42.5. The Labute approximate surface area is 392 Å². The lowest BCUT2D eigenvalue weighted by molar-refractivity contribution is -0.151. The third-order valence-corrected chi connectivity index (χ3v) is 13.1. The van der Waals surface area contributed by atoms with Crippen LogP contribution in [0.5, 0.6) is 0 Å². The van der Waals surface area contributed by atoms with Crippen molar-refractivity contribution in [3.05, 3.63) is 24.3 Å². The Balaban J connectivity index is 4.58. The topological polar surface area (TPSA) is 95.9 Å². The van der Waals surface area contributed by atoms with Crippen LogP contribution in [0.3, 0.4) is 0 Å². The molecule has 0 bridgehead atoms. The van der Waals surface area contributed by atoms with Crippen LogP contribution in [0, 0.1) is 0 Å². The second-order valence-corrected chi connectivity index (χ2v) is 19.4. The van der Waals surface area contributed by atoms with Crippen molar-refractivity contribution in [1.29, 1.82) is 0 Å².